The van der Waals surface area contributed by atoms with Gasteiger partial charge in [0.05, 0.1) is 35.5 Å². The standard InChI is InChI=1S/C24H44N4O8.C7H11F3O5S/c1-17(21(29)33-5)25-9-11-26(18(2)22(30)34-6)13-15-28(20(4)24(32)36-8)16-14-27(12-10-25)19(3)23(31)35-7;1-3-4-5(6(11)14-2)15-16(12,13)7(8,9)10/h17-20H,9-16H2,1-8H3;5H,3-4H2,1-2H3. The number of alkyl halides is 3. The van der Waals surface area contributed by atoms with E-state index in [0.29, 0.717) is 52.4 Å². The fraction of sp³-hybridized carbons (Fsp3) is 0.839. The summed E-state index contributed by atoms with van der Waals surface area (Å²) >= 11 is 0. The first-order valence-electron chi connectivity index (χ1n) is 16.5. The van der Waals surface area contributed by atoms with Crippen LogP contribution in [-0.4, -0.2) is 182 Å². The maximum atomic E-state index is 12.3. The van der Waals surface area contributed by atoms with E-state index in [0.717, 1.165) is 7.11 Å². The van der Waals surface area contributed by atoms with Gasteiger partial charge in [0, 0.05) is 52.4 Å². The third-order valence-corrected chi connectivity index (χ3v) is 9.65. The van der Waals surface area contributed by atoms with Crippen LogP contribution in [0.25, 0.3) is 0 Å². The van der Waals surface area contributed by atoms with Crippen molar-refractivity contribution in [2.75, 3.05) is 87.9 Å². The molecule has 1 aliphatic heterocycles. The Balaban J connectivity index is 0.00000136. The molecule has 0 aromatic heterocycles. The van der Waals surface area contributed by atoms with Gasteiger partial charge in [0.15, 0.2) is 6.10 Å². The second kappa shape index (κ2) is 23.5. The minimum atomic E-state index is -5.78. The van der Waals surface area contributed by atoms with Gasteiger partial charge in [0.25, 0.3) is 0 Å². The molecule has 0 amide bonds. The van der Waals surface area contributed by atoms with Crippen LogP contribution in [0.3, 0.4) is 0 Å². The molecule has 0 radical (unpaired) electrons. The van der Waals surface area contributed by atoms with Crippen LogP contribution >= 0.6 is 0 Å². The molecule has 52 heavy (non-hydrogen) atoms. The number of esters is 5. The van der Waals surface area contributed by atoms with E-state index in [2.05, 4.69) is 8.92 Å². The van der Waals surface area contributed by atoms with Crippen LogP contribution in [0.5, 0.6) is 0 Å². The number of ether oxygens (including phenoxy) is 5. The lowest BCUT2D eigenvalue weighted by Gasteiger charge is -2.38. The summed E-state index contributed by atoms with van der Waals surface area (Å²) in [5, 5.41) is 0. The lowest BCUT2D eigenvalue weighted by Crippen LogP contribution is -2.55. The molecule has 1 aliphatic rings. The van der Waals surface area contributed by atoms with Crippen molar-refractivity contribution in [3.8, 4) is 0 Å². The van der Waals surface area contributed by atoms with Gasteiger partial charge in [-0.3, -0.25) is 38.8 Å². The monoisotopic (exact) mass is 780 g/mol. The van der Waals surface area contributed by atoms with Gasteiger partial charge in [-0.25, -0.2) is 8.98 Å². The highest BCUT2D eigenvalue weighted by Crippen LogP contribution is 2.26. The SMILES string of the molecule is CCCC(OS(=O)(=O)C(F)(F)F)C(=O)OC.COC(=O)C(C)N1CCN(C(C)C(=O)OC)CCN(C(C)C(=O)OC)CCN(C(C)C(=O)OC)CC1. The van der Waals surface area contributed by atoms with E-state index in [9.17, 15) is 45.6 Å². The van der Waals surface area contributed by atoms with Crippen molar-refractivity contribution in [2.24, 2.45) is 0 Å². The normalized spacial score (nSPS) is 19.1. The van der Waals surface area contributed by atoms with Gasteiger partial charge >= 0.3 is 45.5 Å². The molecule has 304 valence electrons. The first-order chi connectivity index (χ1) is 24.2. The smallest absolute Gasteiger partial charge is 0.468 e. The van der Waals surface area contributed by atoms with Crippen molar-refractivity contribution in [3.05, 3.63) is 0 Å². The average Bonchev–Trinajstić information content (AvgIpc) is 3.11. The zero-order valence-corrected chi connectivity index (χ0v) is 32.4. The topological polar surface area (TPSA) is 188 Å². The Morgan fingerprint density at radius 3 is 0.942 bits per heavy atom. The molecule has 0 aromatic carbocycles. The molecule has 1 saturated heterocycles. The number of rotatable bonds is 13. The van der Waals surface area contributed by atoms with Gasteiger partial charge in [-0.1, -0.05) is 13.3 Å². The minimum Gasteiger partial charge on any atom is -0.468 e. The van der Waals surface area contributed by atoms with Crippen LogP contribution in [0.15, 0.2) is 0 Å². The number of methoxy groups -OCH3 is 5. The molecular formula is C31H55F3N4O13S. The summed E-state index contributed by atoms with van der Waals surface area (Å²) < 4.78 is 84.8. The van der Waals surface area contributed by atoms with E-state index in [4.69, 9.17) is 18.9 Å². The number of hydrogen-bond acceptors (Lipinski definition) is 17. The average molecular weight is 781 g/mol. The fourth-order valence-electron chi connectivity index (χ4n) is 5.11. The molecule has 17 nitrogen and oxygen atoms in total. The summed E-state index contributed by atoms with van der Waals surface area (Å²) in [6.45, 7) is 12.5. The van der Waals surface area contributed by atoms with Gasteiger partial charge in [0.1, 0.15) is 24.2 Å². The predicted molar refractivity (Wildman–Crippen MR) is 179 cm³/mol. The molecule has 0 N–H and O–H groups in total. The molecule has 1 heterocycles. The van der Waals surface area contributed by atoms with Gasteiger partial charge in [-0.05, 0) is 34.1 Å². The molecule has 21 heteroatoms. The Bertz CT molecular complexity index is 1120. The predicted octanol–water partition coefficient (Wildman–Crippen LogP) is 0.648. The third kappa shape index (κ3) is 15.5. The minimum absolute atomic E-state index is 0.179. The van der Waals surface area contributed by atoms with Crippen LogP contribution in [0, 0.1) is 0 Å². The zero-order valence-electron chi connectivity index (χ0n) is 31.6. The second-order valence-electron chi connectivity index (χ2n) is 11.7. The van der Waals surface area contributed by atoms with E-state index in [1.807, 2.05) is 19.6 Å². The highest BCUT2D eigenvalue weighted by Gasteiger charge is 2.49. The maximum Gasteiger partial charge on any atom is 0.523 e. The van der Waals surface area contributed by atoms with Crippen molar-refractivity contribution in [1.29, 1.82) is 0 Å². The Morgan fingerprint density at radius 2 is 0.769 bits per heavy atom. The van der Waals surface area contributed by atoms with Crippen molar-refractivity contribution in [2.45, 2.75) is 83.2 Å². The van der Waals surface area contributed by atoms with E-state index >= 15 is 0 Å². The first kappa shape index (κ1) is 48.9. The van der Waals surface area contributed by atoms with Crippen LogP contribution in [0.4, 0.5) is 13.2 Å². The quantitative estimate of drug-likeness (QED) is 0.110. The number of halogens is 3. The van der Waals surface area contributed by atoms with E-state index in [-0.39, 0.29) is 36.7 Å². The number of carbonyl (C=O) groups is 5. The Hall–Kier alpha value is -3.11. The second-order valence-corrected chi connectivity index (χ2v) is 13.3. The van der Waals surface area contributed by atoms with Gasteiger partial charge < -0.3 is 23.7 Å². The number of nitrogens with zero attached hydrogens (tertiary/aromatic N) is 4. The maximum absolute atomic E-state index is 12.3. The number of carbonyl (C=O) groups excluding carboxylic acids is 5. The summed E-state index contributed by atoms with van der Waals surface area (Å²) in [7, 11) is 0.554. The summed E-state index contributed by atoms with van der Waals surface area (Å²) in [5.41, 5.74) is -5.55. The summed E-state index contributed by atoms with van der Waals surface area (Å²) in [4.78, 5) is 68.2. The van der Waals surface area contributed by atoms with E-state index in [1.165, 1.54) is 28.4 Å². The molecule has 1 fully saturated rings. The van der Waals surface area contributed by atoms with Gasteiger partial charge in [0.2, 0.25) is 0 Å². The zero-order chi connectivity index (χ0) is 40.4. The first-order valence-corrected chi connectivity index (χ1v) is 17.9. The molecule has 0 spiro atoms. The summed E-state index contributed by atoms with van der Waals surface area (Å²) in [6, 6.07) is -2.06. The largest absolute Gasteiger partial charge is 0.523 e. The Kier molecular flexibility index (Phi) is 22.1. The highest BCUT2D eigenvalue weighted by atomic mass is 32.2. The van der Waals surface area contributed by atoms with Crippen molar-refractivity contribution < 1.29 is 73.4 Å². The summed E-state index contributed by atoms with van der Waals surface area (Å²) in [5.74, 6) is -2.60. The lowest BCUT2D eigenvalue weighted by molar-refractivity contribution is -0.150. The molecule has 0 bridgehead atoms. The van der Waals surface area contributed by atoms with Gasteiger partial charge in [-0.15, -0.1) is 0 Å². The lowest BCUT2D eigenvalue weighted by atomic mass is 10.2. The molecule has 5 atom stereocenters. The van der Waals surface area contributed by atoms with Crippen LogP contribution in [-0.2, 0) is 62.0 Å². The molecule has 0 aliphatic carbocycles. The molecule has 1 rings (SSSR count). The third-order valence-electron chi connectivity index (χ3n) is 8.60. The Morgan fingerprint density at radius 1 is 0.538 bits per heavy atom. The Labute approximate surface area is 304 Å². The molecule has 0 aromatic rings. The van der Waals surface area contributed by atoms with Crippen molar-refractivity contribution in [3.63, 3.8) is 0 Å². The summed E-state index contributed by atoms with van der Waals surface area (Å²) in [6.07, 6.45) is -1.67. The van der Waals surface area contributed by atoms with Crippen molar-refractivity contribution >= 4 is 40.0 Å². The molecular weight excluding hydrogens is 725 g/mol. The molecule has 5 unspecified atom stereocenters. The van der Waals surface area contributed by atoms with E-state index in [1.54, 1.807) is 34.6 Å². The van der Waals surface area contributed by atoms with Crippen molar-refractivity contribution in [1.82, 2.24) is 19.6 Å². The van der Waals surface area contributed by atoms with Crippen LogP contribution in [0.1, 0.15) is 47.5 Å². The van der Waals surface area contributed by atoms with E-state index < -0.39 is 51.9 Å². The highest BCUT2D eigenvalue weighted by molar-refractivity contribution is 7.87. The molecule has 0 saturated carbocycles. The fourth-order valence-corrected chi connectivity index (χ4v) is 5.70. The van der Waals surface area contributed by atoms with Gasteiger partial charge in [-0.2, -0.15) is 21.6 Å². The van der Waals surface area contributed by atoms with Crippen LogP contribution in [0.2, 0.25) is 0 Å². The number of hydrogen-bond donors (Lipinski definition) is 0. The van der Waals surface area contributed by atoms with Crippen LogP contribution < -0.4 is 0 Å².